The Labute approximate surface area is 117 Å². The summed E-state index contributed by atoms with van der Waals surface area (Å²) >= 11 is 0. The molecule has 0 saturated carbocycles. The standard InChI is InChI=1S/C10H16FN3O4S2/c1-3-14(4-2)20(17,18)13-8-5-6-9(11)10(7-8)19(12,15)16/h5-7,13H,3-4H2,1-2H3,(H2,12,15,16). The fraction of sp³-hybridized carbons (Fsp3) is 0.400. The second kappa shape index (κ2) is 6.04. The van der Waals surface area contributed by atoms with E-state index in [4.69, 9.17) is 5.14 Å². The zero-order valence-electron chi connectivity index (χ0n) is 11.0. The first kappa shape index (κ1) is 16.8. The molecule has 1 aromatic rings. The number of rotatable bonds is 6. The number of halogens is 1. The average molecular weight is 325 g/mol. The van der Waals surface area contributed by atoms with Crippen LogP contribution in [0.4, 0.5) is 10.1 Å². The van der Waals surface area contributed by atoms with Crippen LogP contribution in [0.25, 0.3) is 0 Å². The van der Waals surface area contributed by atoms with Gasteiger partial charge in [0, 0.05) is 13.1 Å². The van der Waals surface area contributed by atoms with Gasteiger partial charge < -0.3 is 0 Å². The van der Waals surface area contributed by atoms with E-state index in [1.54, 1.807) is 13.8 Å². The topological polar surface area (TPSA) is 110 Å². The van der Waals surface area contributed by atoms with Crippen molar-refractivity contribution < 1.29 is 21.2 Å². The first-order valence-electron chi connectivity index (χ1n) is 5.72. The van der Waals surface area contributed by atoms with Crippen LogP contribution in [0.1, 0.15) is 13.8 Å². The van der Waals surface area contributed by atoms with E-state index in [0.29, 0.717) is 0 Å². The minimum Gasteiger partial charge on any atom is -0.271 e. The van der Waals surface area contributed by atoms with Crippen molar-refractivity contribution >= 4 is 25.9 Å². The number of hydrogen-bond donors (Lipinski definition) is 2. The number of primary sulfonamides is 1. The third-order valence-corrected chi connectivity index (χ3v) is 5.15. The lowest BCUT2D eigenvalue weighted by atomic mass is 10.3. The molecule has 1 aromatic carbocycles. The molecule has 20 heavy (non-hydrogen) atoms. The highest BCUT2D eigenvalue weighted by atomic mass is 32.2. The highest BCUT2D eigenvalue weighted by molar-refractivity contribution is 7.90. The van der Waals surface area contributed by atoms with Gasteiger partial charge in [0.05, 0.1) is 5.69 Å². The first-order valence-corrected chi connectivity index (χ1v) is 8.70. The summed E-state index contributed by atoms with van der Waals surface area (Å²) in [5.41, 5.74) is -0.0812. The summed E-state index contributed by atoms with van der Waals surface area (Å²) < 4.78 is 62.9. The van der Waals surface area contributed by atoms with Crippen LogP contribution < -0.4 is 9.86 Å². The van der Waals surface area contributed by atoms with Crippen molar-refractivity contribution in [1.29, 1.82) is 0 Å². The van der Waals surface area contributed by atoms with E-state index in [2.05, 4.69) is 4.72 Å². The second-order valence-corrected chi connectivity index (χ2v) is 7.08. The Morgan fingerprint density at radius 2 is 1.75 bits per heavy atom. The summed E-state index contributed by atoms with van der Waals surface area (Å²) in [6.07, 6.45) is 0. The maximum absolute atomic E-state index is 13.3. The monoisotopic (exact) mass is 325 g/mol. The Kier molecular flexibility index (Phi) is 5.08. The van der Waals surface area contributed by atoms with Crippen LogP contribution in [0, 0.1) is 5.82 Å². The lowest BCUT2D eigenvalue weighted by molar-refractivity contribution is 0.449. The number of nitrogens with two attached hydrogens (primary N) is 1. The van der Waals surface area contributed by atoms with Crippen LogP contribution in [0.5, 0.6) is 0 Å². The van der Waals surface area contributed by atoms with Crippen LogP contribution in [-0.2, 0) is 20.2 Å². The quantitative estimate of drug-likeness (QED) is 0.792. The summed E-state index contributed by atoms with van der Waals surface area (Å²) in [6, 6.07) is 2.79. The molecule has 0 unspecified atom stereocenters. The minimum absolute atomic E-state index is 0.0812. The molecule has 1 rings (SSSR count). The molecule has 0 bridgehead atoms. The average Bonchev–Trinajstić information content (AvgIpc) is 2.31. The van der Waals surface area contributed by atoms with E-state index in [0.717, 1.165) is 22.5 Å². The molecule has 0 aliphatic heterocycles. The molecule has 10 heteroatoms. The van der Waals surface area contributed by atoms with Gasteiger partial charge in [-0.3, -0.25) is 4.72 Å². The summed E-state index contributed by atoms with van der Waals surface area (Å²) in [5.74, 6) is -1.04. The van der Waals surface area contributed by atoms with Crippen molar-refractivity contribution in [2.75, 3.05) is 17.8 Å². The Morgan fingerprint density at radius 1 is 1.20 bits per heavy atom. The highest BCUT2D eigenvalue weighted by Crippen LogP contribution is 2.20. The molecule has 0 aliphatic rings. The summed E-state index contributed by atoms with van der Waals surface area (Å²) in [5, 5.41) is 4.85. The predicted octanol–water partition coefficient (Wildman–Crippen LogP) is 0.472. The van der Waals surface area contributed by atoms with Gasteiger partial charge in [-0.1, -0.05) is 13.8 Å². The van der Waals surface area contributed by atoms with Crippen LogP contribution in [0.2, 0.25) is 0 Å². The smallest absolute Gasteiger partial charge is 0.271 e. The molecule has 0 aromatic heterocycles. The Hall–Kier alpha value is -1.23. The van der Waals surface area contributed by atoms with E-state index in [1.807, 2.05) is 0 Å². The molecule has 0 saturated heterocycles. The van der Waals surface area contributed by atoms with Crippen LogP contribution in [0.3, 0.4) is 0 Å². The molecule has 0 amide bonds. The van der Waals surface area contributed by atoms with Crippen molar-refractivity contribution in [3.8, 4) is 0 Å². The lowest BCUT2D eigenvalue weighted by Gasteiger charge is -2.19. The number of nitrogens with one attached hydrogen (secondary N) is 1. The molecule has 0 radical (unpaired) electrons. The molecule has 0 aliphatic carbocycles. The van der Waals surface area contributed by atoms with Crippen molar-refractivity contribution in [2.45, 2.75) is 18.7 Å². The van der Waals surface area contributed by atoms with Crippen LogP contribution >= 0.6 is 0 Å². The van der Waals surface area contributed by atoms with Gasteiger partial charge in [0.15, 0.2) is 0 Å². The Morgan fingerprint density at radius 3 is 2.20 bits per heavy atom. The highest BCUT2D eigenvalue weighted by Gasteiger charge is 2.20. The molecule has 0 fully saturated rings. The molecular weight excluding hydrogens is 309 g/mol. The van der Waals surface area contributed by atoms with E-state index < -0.39 is 30.9 Å². The Balaban J connectivity index is 3.18. The Bertz CT molecular complexity index is 684. The normalized spacial score (nSPS) is 12.7. The maximum atomic E-state index is 13.3. The lowest BCUT2D eigenvalue weighted by Crippen LogP contribution is -2.35. The van der Waals surface area contributed by atoms with E-state index >= 15 is 0 Å². The number of benzene rings is 1. The van der Waals surface area contributed by atoms with Crippen molar-refractivity contribution in [3.63, 3.8) is 0 Å². The van der Waals surface area contributed by atoms with Crippen molar-refractivity contribution in [2.24, 2.45) is 5.14 Å². The van der Waals surface area contributed by atoms with Crippen LogP contribution in [0.15, 0.2) is 23.1 Å². The van der Waals surface area contributed by atoms with Gasteiger partial charge in [-0.25, -0.2) is 17.9 Å². The third-order valence-electron chi connectivity index (χ3n) is 2.53. The molecule has 3 N–H and O–H groups in total. The molecule has 0 spiro atoms. The van der Waals surface area contributed by atoms with Gasteiger partial charge in [0.1, 0.15) is 10.7 Å². The second-order valence-electron chi connectivity index (χ2n) is 3.88. The summed E-state index contributed by atoms with van der Waals surface area (Å²) in [4.78, 5) is -0.766. The van der Waals surface area contributed by atoms with E-state index in [-0.39, 0.29) is 18.8 Å². The fourth-order valence-corrected chi connectivity index (χ4v) is 3.43. The summed E-state index contributed by atoms with van der Waals surface area (Å²) in [6.45, 7) is 3.80. The zero-order valence-corrected chi connectivity index (χ0v) is 12.6. The van der Waals surface area contributed by atoms with Gasteiger partial charge in [-0.15, -0.1) is 0 Å². The number of nitrogens with zero attached hydrogens (tertiary/aromatic N) is 1. The van der Waals surface area contributed by atoms with Gasteiger partial charge in [0.2, 0.25) is 10.0 Å². The molecule has 7 nitrogen and oxygen atoms in total. The van der Waals surface area contributed by atoms with Gasteiger partial charge in [-0.2, -0.15) is 12.7 Å². The number of sulfonamides is 1. The van der Waals surface area contributed by atoms with E-state index in [9.17, 15) is 21.2 Å². The number of anilines is 1. The van der Waals surface area contributed by atoms with E-state index in [1.165, 1.54) is 0 Å². The third kappa shape index (κ3) is 3.88. The first-order chi connectivity index (χ1) is 9.11. The SMILES string of the molecule is CCN(CC)S(=O)(=O)Nc1ccc(F)c(S(N)(=O)=O)c1. The van der Waals surface area contributed by atoms with Gasteiger partial charge in [-0.05, 0) is 18.2 Å². The zero-order chi connectivity index (χ0) is 15.6. The maximum Gasteiger partial charge on any atom is 0.301 e. The molecule has 0 atom stereocenters. The molecular formula is C10H16FN3O4S2. The largest absolute Gasteiger partial charge is 0.301 e. The fourth-order valence-electron chi connectivity index (χ4n) is 1.56. The van der Waals surface area contributed by atoms with Crippen molar-refractivity contribution in [1.82, 2.24) is 4.31 Å². The predicted molar refractivity (Wildman–Crippen MR) is 73.2 cm³/mol. The molecule has 0 heterocycles. The minimum atomic E-state index is -4.27. The summed E-state index contributed by atoms with van der Waals surface area (Å²) in [7, 11) is -8.09. The van der Waals surface area contributed by atoms with Crippen LogP contribution in [-0.4, -0.2) is 34.2 Å². The van der Waals surface area contributed by atoms with Gasteiger partial charge in [0.25, 0.3) is 0 Å². The van der Waals surface area contributed by atoms with Gasteiger partial charge >= 0.3 is 10.2 Å². The number of hydrogen-bond acceptors (Lipinski definition) is 4. The van der Waals surface area contributed by atoms with Crippen molar-refractivity contribution in [3.05, 3.63) is 24.0 Å². The molecule has 114 valence electrons.